The number of aryl methyl sites for hydroxylation is 1. The zero-order valence-corrected chi connectivity index (χ0v) is 9.35. The molecule has 1 heterocycles. The molecule has 0 amide bonds. The van der Waals surface area contributed by atoms with Crippen molar-refractivity contribution in [3.8, 4) is 0 Å². The van der Waals surface area contributed by atoms with Gasteiger partial charge in [0.2, 0.25) is 0 Å². The average Bonchev–Trinajstić information content (AvgIpc) is 2.12. The van der Waals surface area contributed by atoms with Crippen LogP contribution < -0.4 is 5.32 Å². The van der Waals surface area contributed by atoms with Gasteiger partial charge < -0.3 is 5.32 Å². The summed E-state index contributed by atoms with van der Waals surface area (Å²) in [5, 5.41) is 3.09. The van der Waals surface area contributed by atoms with Crippen molar-refractivity contribution in [2.75, 3.05) is 5.32 Å². The van der Waals surface area contributed by atoms with Crippen LogP contribution in [0.1, 0.15) is 11.1 Å². The molecule has 0 spiro atoms. The molecule has 0 saturated carbocycles. The summed E-state index contributed by atoms with van der Waals surface area (Å²) in [6.45, 7) is 2.04. The van der Waals surface area contributed by atoms with Gasteiger partial charge in [0.25, 0.3) is 0 Å². The van der Waals surface area contributed by atoms with Crippen molar-refractivity contribution in [3.63, 3.8) is 0 Å². The number of aliphatic imine (C=N–C) groups is 1. The van der Waals surface area contributed by atoms with Crippen LogP contribution in [0.4, 0.5) is 5.69 Å². The van der Waals surface area contributed by atoms with Crippen molar-refractivity contribution in [3.05, 3.63) is 27.7 Å². The van der Waals surface area contributed by atoms with E-state index in [0.717, 1.165) is 15.7 Å². The van der Waals surface area contributed by atoms with Gasteiger partial charge in [-0.05, 0) is 28.4 Å². The first-order valence-corrected chi connectivity index (χ1v) is 5.14. The van der Waals surface area contributed by atoms with E-state index < -0.39 is 0 Å². The lowest BCUT2D eigenvalue weighted by Gasteiger charge is -2.19. The first-order chi connectivity index (χ1) is 6.18. The Morgan fingerprint density at radius 3 is 3.08 bits per heavy atom. The minimum absolute atomic E-state index is 0.356. The Labute approximate surface area is 90.1 Å². The predicted octanol–water partition coefficient (Wildman–Crippen LogP) is 3.12. The number of nitrogens with one attached hydrogen (secondary N) is 1. The summed E-state index contributed by atoms with van der Waals surface area (Å²) in [5.41, 5.74) is 2.92. The Bertz CT molecular complexity index is 376. The quantitative estimate of drug-likeness (QED) is 0.562. The molecule has 1 N–H and O–H groups in total. The standard InChI is InChI=1S/C9H8BrClN2/c1-5-2-3-6-4-12-9(11)13-8(6)7(5)10/h2-4,9,13H,1H3. The van der Waals surface area contributed by atoms with Crippen LogP contribution in [0.2, 0.25) is 0 Å². The zero-order chi connectivity index (χ0) is 9.42. The van der Waals surface area contributed by atoms with Gasteiger partial charge in [-0.25, -0.2) is 0 Å². The summed E-state index contributed by atoms with van der Waals surface area (Å²) in [4.78, 5) is 4.05. The van der Waals surface area contributed by atoms with Gasteiger partial charge in [-0.15, -0.1) is 0 Å². The van der Waals surface area contributed by atoms with Crippen LogP contribution >= 0.6 is 27.5 Å². The van der Waals surface area contributed by atoms with Crippen molar-refractivity contribution < 1.29 is 0 Å². The highest BCUT2D eigenvalue weighted by Crippen LogP contribution is 2.31. The highest BCUT2D eigenvalue weighted by atomic mass is 79.9. The van der Waals surface area contributed by atoms with Crippen molar-refractivity contribution in [2.24, 2.45) is 4.99 Å². The van der Waals surface area contributed by atoms with Crippen molar-refractivity contribution in [1.82, 2.24) is 0 Å². The van der Waals surface area contributed by atoms with E-state index in [1.165, 1.54) is 5.56 Å². The first-order valence-electron chi connectivity index (χ1n) is 3.91. The molecule has 1 unspecified atom stereocenters. The normalized spacial score (nSPS) is 19.5. The van der Waals surface area contributed by atoms with Gasteiger partial charge in [0.1, 0.15) is 0 Å². The van der Waals surface area contributed by atoms with E-state index in [4.69, 9.17) is 11.6 Å². The summed E-state index contributed by atoms with van der Waals surface area (Å²) in [5.74, 6) is 0. The number of hydrogen-bond acceptors (Lipinski definition) is 2. The monoisotopic (exact) mass is 258 g/mol. The molecule has 68 valence electrons. The molecule has 4 heteroatoms. The number of alkyl halides is 1. The van der Waals surface area contributed by atoms with Crippen LogP contribution in [0.3, 0.4) is 0 Å². The third kappa shape index (κ3) is 1.58. The molecule has 1 aromatic carbocycles. The SMILES string of the molecule is Cc1ccc2c(c1Br)NC(Cl)N=C2. The van der Waals surface area contributed by atoms with E-state index in [-0.39, 0.29) is 5.62 Å². The van der Waals surface area contributed by atoms with Gasteiger partial charge >= 0.3 is 0 Å². The highest BCUT2D eigenvalue weighted by molar-refractivity contribution is 9.10. The van der Waals surface area contributed by atoms with Crippen LogP contribution in [-0.2, 0) is 0 Å². The van der Waals surface area contributed by atoms with Gasteiger partial charge in [-0.2, -0.15) is 0 Å². The van der Waals surface area contributed by atoms with E-state index in [2.05, 4.69) is 26.2 Å². The van der Waals surface area contributed by atoms with E-state index in [1.54, 1.807) is 6.21 Å². The topological polar surface area (TPSA) is 24.4 Å². The fourth-order valence-corrected chi connectivity index (χ4v) is 1.89. The Balaban J connectivity index is 2.57. The lowest BCUT2D eigenvalue weighted by atomic mass is 10.1. The van der Waals surface area contributed by atoms with E-state index in [1.807, 2.05) is 19.1 Å². The number of rotatable bonds is 0. The molecule has 1 aliphatic rings. The lowest BCUT2D eigenvalue weighted by molar-refractivity contribution is 1.03. The van der Waals surface area contributed by atoms with Gasteiger partial charge in [0, 0.05) is 16.3 Å². The summed E-state index contributed by atoms with van der Waals surface area (Å²) >= 11 is 9.35. The third-order valence-corrected chi connectivity index (χ3v) is 3.22. The number of nitrogens with zero attached hydrogens (tertiary/aromatic N) is 1. The van der Waals surface area contributed by atoms with Crippen LogP contribution in [0.5, 0.6) is 0 Å². The molecule has 0 bridgehead atoms. The molecule has 0 aromatic heterocycles. The average molecular weight is 260 g/mol. The van der Waals surface area contributed by atoms with E-state index in [9.17, 15) is 0 Å². The minimum atomic E-state index is -0.356. The summed E-state index contributed by atoms with van der Waals surface area (Å²) in [7, 11) is 0. The Hall–Kier alpha value is -0.540. The maximum atomic E-state index is 5.84. The number of benzene rings is 1. The summed E-state index contributed by atoms with van der Waals surface area (Å²) in [6.07, 6.45) is 1.79. The molecular formula is C9H8BrClN2. The Kier molecular flexibility index (Phi) is 2.30. The molecule has 2 nitrogen and oxygen atoms in total. The molecule has 2 rings (SSSR count). The fraction of sp³-hybridized carbons (Fsp3) is 0.222. The molecular weight excluding hydrogens is 251 g/mol. The van der Waals surface area contributed by atoms with Crippen molar-refractivity contribution in [2.45, 2.75) is 12.5 Å². The molecule has 0 fully saturated rings. The van der Waals surface area contributed by atoms with Crippen molar-refractivity contribution in [1.29, 1.82) is 0 Å². The van der Waals surface area contributed by atoms with E-state index >= 15 is 0 Å². The van der Waals surface area contributed by atoms with Gasteiger partial charge in [0.05, 0.1) is 5.69 Å². The molecule has 0 radical (unpaired) electrons. The number of hydrogen-bond donors (Lipinski definition) is 1. The summed E-state index contributed by atoms with van der Waals surface area (Å²) < 4.78 is 1.06. The second-order valence-electron chi connectivity index (χ2n) is 2.92. The highest BCUT2D eigenvalue weighted by Gasteiger charge is 2.14. The smallest absolute Gasteiger partial charge is 0.195 e. The predicted molar refractivity (Wildman–Crippen MR) is 59.7 cm³/mol. The Morgan fingerprint density at radius 1 is 1.54 bits per heavy atom. The van der Waals surface area contributed by atoms with Crippen LogP contribution in [0, 0.1) is 6.92 Å². The van der Waals surface area contributed by atoms with Crippen molar-refractivity contribution >= 4 is 39.4 Å². The molecule has 0 aliphatic carbocycles. The zero-order valence-electron chi connectivity index (χ0n) is 7.01. The molecule has 1 aliphatic heterocycles. The third-order valence-electron chi connectivity index (χ3n) is 1.98. The van der Waals surface area contributed by atoms with Gasteiger partial charge in [-0.1, -0.05) is 23.7 Å². The molecule has 0 saturated heterocycles. The summed E-state index contributed by atoms with van der Waals surface area (Å²) in [6, 6.07) is 4.07. The minimum Gasteiger partial charge on any atom is -0.350 e. The van der Waals surface area contributed by atoms with Gasteiger partial charge in [-0.3, -0.25) is 4.99 Å². The molecule has 1 aromatic rings. The van der Waals surface area contributed by atoms with E-state index in [0.29, 0.717) is 0 Å². The largest absolute Gasteiger partial charge is 0.350 e. The maximum absolute atomic E-state index is 5.84. The molecule has 1 atom stereocenters. The Morgan fingerprint density at radius 2 is 2.31 bits per heavy atom. The second-order valence-corrected chi connectivity index (χ2v) is 4.13. The number of halogens is 2. The van der Waals surface area contributed by atoms with Crippen LogP contribution in [0.25, 0.3) is 0 Å². The second kappa shape index (κ2) is 3.31. The maximum Gasteiger partial charge on any atom is 0.195 e. The van der Waals surface area contributed by atoms with Crippen LogP contribution in [-0.4, -0.2) is 11.8 Å². The molecule has 13 heavy (non-hydrogen) atoms. The van der Waals surface area contributed by atoms with Gasteiger partial charge in [0.15, 0.2) is 5.62 Å². The van der Waals surface area contributed by atoms with Crippen LogP contribution in [0.15, 0.2) is 21.6 Å². The number of anilines is 1. The lowest BCUT2D eigenvalue weighted by Crippen LogP contribution is -2.16. The number of fused-ring (bicyclic) bond motifs is 1. The first kappa shape index (κ1) is 9.03. The fourth-order valence-electron chi connectivity index (χ4n) is 1.25.